The van der Waals surface area contributed by atoms with Gasteiger partial charge >= 0.3 is 0 Å². The molecule has 9 aromatic carbocycles. The Bertz CT molecular complexity index is 3230. The molecule has 298 valence electrons. The van der Waals surface area contributed by atoms with Crippen LogP contribution in [0.5, 0.6) is 0 Å². The highest BCUT2D eigenvalue weighted by Crippen LogP contribution is 2.38. The first-order chi connectivity index (χ1) is 31.1. The van der Waals surface area contributed by atoms with Gasteiger partial charge in [0.15, 0.2) is 25.5 Å². The van der Waals surface area contributed by atoms with Gasteiger partial charge in [-0.15, -0.1) is 0 Å². The maximum absolute atomic E-state index is 5.33. The van der Waals surface area contributed by atoms with Crippen LogP contribution in [-0.4, -0.2) is 27.6 Å². The Balaban J connectivity index is 1.19. The van der Waals surface area contributed by atoms with Crippen LogP contribution in [-0.2, 0) is 0 Å². The zero-order valence-corrected chi connectivity index (χ0v) is 35.8. The molecular formula is C58H42N4Si. The summed E-state index contributed by atoms with van der Waals surface area (Å²) >= 11 is 0. The number of para-hydroxylation sites is 1. The summed E-state index contributed by atoms with van der Waals surface area (Å²) in [5.74, 6) is 1.86. The van der Waals surface area contributed by atoms with Crippen molar-refractivity contribution in [3.05, 3.63) is 242 Å². The van der Waals surface area contributed by atoms with Crippen LogP contribution in [0.25, 0.3) is 72.8 Å². The van der Waals surface area contributed by atoms with Gasteiger partial charge in [0.25, 0.3) is 0 Å². The van der Waals surface area contributed by atoms with Gasteiger partial charge in [-0.3, -0.25) is 0 Å². The Hall–Kier alpha value is -7.99. The summed E-state index contributed by atoms with van der Waals surface area (Å²) in [5, 5.41) is 7.74. The highest BCUT2D eigenvalue weighted by Gasteiger charge is 2.41. The number of hydrogen-bond acceptors (Lipinski definition) is 3. The van der Waals surface area contributed by atoms with Crippen molar-refractivity contribution in [1.29, 1.82) is 0 Å². The molecule has 0 atom stereocenters. The lowest BCUT2D eigenvalue weighted by Crippen LogP contribution is -2.74. The van der Waals surface area contributed by atoms with Crippen LogP contribution in [0.4, 0.5) is 0 Å². The number of rotatable bonds is 9. The molecule has 11 aromatic rings. The third-order valence-corrected chi connectivity index (χ3v) is 17.0. The quantitative estimate of drug-likeness (QED) is 0.108. The maximum Gasteiger partial charge on any atom is 0.179 e. The van der Waals surface area contributed by atoms with E-state index in [0.29, 0.717) is 17.5 Å². The molecule has 0 N–H and O–H groups in total. The Labute approximate surface area is 368 Å². The van der Waals surface area contributed by atoms with E-state index in [1.54, 1.807) is 0 Å². The van der Waals surface area contributed by atoms with E-state index in [1.807, 2.05) is 36.4 Å². The highest BCUT2D eigenvalue weighted by atomic mass is 28.3. The molecule has 0 fully saturated rings. The van der Waals surface area contributed by atoms with E-state index in [0.717, 1.165) is 44.5 Å². The monoisotopic (exact) mass is 822 g/mol. The summed E-state index contributed by atoms with van der Waals surface area (Å²) in [4.78, 5) is 15.7. The van der Waals surface area contributed by atoms with Crippen molar-refractivity contribution in [2.45, 2.75) is 6.92 Å². The van der Waals surface area contributed by atoms with Crippen LogP contribution in [0.3, 0.4) is 0 Å². The smallest absolute Gasteiger partial charge is 0.179 e. The Morgan fingerprint density at radius 3 is 1.38 bits per heavy atom. The molecular weight excluding hydrogens is 781 g/mol. The number of benzene rings is 9. The maximum atomic E-state index is 5.33. The van der Waals surface area contributed by atoms with Crippen molar-refractivity contribution >= 4 is 50.6 Å². The van der Waals surface area contributed by atoms with Crippen molar-refractivity contribution in [2.75, 3.05) is 0 Å². The fraction of sp³-hybridized carbons (Fsp3) is 0.0172. The Morgan fingerprint density at radius 1 is 0.333 bits per heavy atom. The lowest BCUT2D eigenvalue weighted by atomic mass is 10.0. The molecule has 2 aromatic heterocycles. The summed E-state index contributed by atoms with van der Waals surface area (Å²) in [7, 11) is -2.79. The molecule has 2 heterocycles. The van der Waals surface area contributed by atoms with Gasteiger partial charge in [-0.1, -0.05) is 212 Å². The van der Waals surface area contributed by atoms with E-state index in [2.05, 4.69) is 212 Å². The van der Waals surface area contributed by atoms with Crippen LogP contribution < -0.4 is 20.7 Å². The van der Waals surface area contributed by atoms with Gasteiger partial charge in [-0.05, 0) is 69.1 Å². The molecule has 11 rings (SSSR count). The molecule has 0 amide bonds. The van der Waals surface area contributed by atoms with E-state index < -0.39 is 8.07 Å². The highest BCUT2D eigenvalue weighted by molar-refractivity contribution is 7.19. The van der Waals surface area contributed by atoms with Gasteiger partial charge < -0.3 is 4.57 Å². The van der Waals surface area contributed by atoms with Crippen LogP contribution in [0.2, 0.25) is 0 Å². The first-order valence-corrected chi connectivity index (χ1v) is 23.4. The summed E-state index contributed by atoms with van der Waals surface area (Å²) in [6.45, 7) is 2.16. The van der Waals surface area contributed by atoms with Gasteiger partial charge in [-0.2, -0.15) is 0 Å². The van der Waals surface area contributed by atoms with E-state index in [9.17, 15) is 0 Å². The normalized spacial score (nSPS) is 11.6. The first kappa shape index (κ1) is 38.0. The summed E-state index contributed by atoms with van der Waals surface area (Å²) in [6, 6.07) is 85.2. The fourth-order valence-corrected chi connectivity index (χ4v) is 14.2. The van der Waals surface area contributed by atoms with Crippen LogP contribution in [0.1, 0.15) is 5.56 Å². The molecule has 0 aliphatic carbocycles. The molecule has 0 unspecified atom stereocenters. The van der Waals surface area contributed by atoms with Gasteiger partial charge in [0.1, 0.15) is 0 Å². The zero-order valence-electron chi connectivity index (χ0n) is 34.8. The average molecular weight is 823 g/mol. The minimum Gasteiger partial charge on any atom is -0.309 e. The van der Waals surface area contributed by atoms with E-state index in [1.165, 1.54) is 37.1 Å². The second-order valence-corrected chi connectivity index (χ2v) is 19.9. The third kappa shape index (κ3) is 6.76. The SMILES string of the molecule is Cc1ccc2c(c1)c1ccccc1n2-c1ccc(-c2cccc([Si](c3ccccc3)(c3ccccc3)c3ccccc3)c2)cc1-c1nc(-c2ccccc2)nc(-c2ccccc2)n1. The summed E-state index contributed by atoms with van der Waals surface area (Å²) in [5.41, 5.74) is 9.44. The Kier molecular flexibility index (Phi) is 9.72. The number of nitrogens with zero attached hydrogens (tertiary/aromatic N) is 4. The van der Waals surface area contributed by atoms with Gasteiger partial charge in [0.2, 0.25) is 0 Å². The molecule has 0 spiro atoms. The second kappa shape index (κ2) is 16.1. The first-order valence-electron chi connectivity index (χ1n) is 21.4. The average Bonchev–Trinajstić information content (AvgIpc) is 3.68. The van der Waals surface area contributed by atoms with Gasteiger partial charge in [0, 0.05) is 27.5 Å². The molecule has 0 saturated heterocycles. The minimum atomic E-state index is -2.79. The molecule has 63 heavy (non-hydrogen) atoms. The van der Waals surface area contributed by atoms with E-state index in [4.69, 9.17) is 15.0 Å². The second-order valence-electron chi connectivity index (χ2n) is 16.1. The van der Waals surface area contributed by atoms with E-state index in [-0.39, 0.29) is 0 Å². The largest absolute Gasteiger partial charge is 0.309 e. The predicted molar refractivity (Wildman–Crippen MR) is 264 cm³/mol. The van der Waals surface area contributed by atoms with Crippen LogP contribution in [0.15, 0.2) is 237 Å². The van der Waals surface area contributed by atoms with Crippen molar-refractivity contribution in [3.63, 3.8) is 0 Å². The summed E-state index contributed by atoms with van der Waals surface area (Å²) in [6.07, 6.45) is 0. The third-order valence-electron chi connectivity index (χ3n) is 12.3. The molecule has 5 heteroatoms. The van der Waals surface area contributed by atoms with Crippen molar-refractivity contribution in [3.8, 4) is 51.0 Å². The lowest BCUT2D eigenvalue weighted by molar-refractivity contribution is 1.06. The molecule has 0 aliphatic rings. The molecule has 0 saturated carbocycles. The lowest BCUT2D eigenvalue weighted by Gasteiger charge is -2.34. The standard InChI is InChI=1S/C58H42N4Si/c1-41-34-36-54-51(38-41)50-32-17-18-33-53(50)62(54)55-37-35-45(40-52(55)58-60-56(42-20-7-2-8-21-42)59-57(61-58)43-22-9-3-10-23-43)44-24-19-31-49(39-44)63(46-25-11-4-12-26-46,47-27-13-5-14-28-47)48-29-15-6-16-30-48/h2-40H,1H3. The van der Waals surface area contributed by atoms with E-state index >= 15 is 0 Å². The van der Waals surface area contributed by atoms with Crippen molar-refractivity contribution in [2.24, 2.45) is 0 Å². The predicted octanol–water partition coefficient (Wildman–Crippen LogP) is 11.3. The molecule has 0 radical (unpaired) electrons. The topological polar surface area (TPSA) is 43.6 Å². The number of fused-ring (bicyclic) bond motifs is 3. The number of aryl methyl sites for hydroxylation is 1. The Morgan fingerprint density at radius 2 is 0.794 bits per heavy atom. The van der Waals surface area contributed by atoms with Crippen molar-refractivity contribution in [1.82, 2.24) is 19.5 Å². The minimum absolute atomic E-state index is 0.607. The zero-order chi connectivity index (χ0) is 42.2. The molecule has 0 bridgehead atoms. The van der Waals surface area contributed by atoms with Crippen LogP contribution >= 0.6 is 0 Å². The summed E-state index contributed by atoms with van der Waals surface area (Å²) < 4.78 is 2.38. The molecule has 0 aliphatic heterocycles. The van der Waals surface area contributed by atoms with Gasteiger partial charge in [0.05, 0.1) is 16.7 Å². The van der Waals surface area contributed by atoms with Crippen LogP contribution in [0, 0.1) is 6.92 Å². The van der Waals surface area contributed by atoms with Gasteiger partial charge in [-0.25, -0.2) is 15.0 Å². The van der Waals surface area contributed by atoms with Crippen molar-refractivity contribution < 1.29 is 0 Å². The number of hydrogen-bond donors (Lipinski definition) is 0. The number of aromatic nitrogens is 4. The fourth-order valence-electron chi connectivity index (χ4n) is 9.36. The molecule has 4 nitrogen and oxygen atoms in total.